The van der Waals surface area contributed by atoms with Crippen molar-refractivity contribution in [3.05, 3.63) is 58.9 Å². The van der Waals surface area contributed by atoms with Gasteiger partial charge in [0.05, 0.1) is 24.9 Å². The number of morpholine rings is 1. The number of pyridine rings is 1. The first-order valence-electron chi connectivity index (χ1n) is 13.2. The number of H-pyrrole nitrogens is 1. The molecule has 3 aromatic rings. The van der Waals surface area contributed by atoms with E-state index >= 15 is 0 Å². The van der Waals surface area contributed by atoms with Crippen molar-refractivity contribution < 1.29 is 14.3 Å². The molecule has 204 valence electrons. The van der Waals surface area contributed by atoms with Crippen LogP contribution in [0.1, 0.15) is 20.8 Å². The summed E-state index contributed by atoms with van der Waals surface area (Å²) in [4.78, 5) is 36.5. The van der Waals surface area contributed by atoms with Crippen molar-refractivity contribution in [1.82, 2.24) is 9.88 Å². The number of aromatic nitrogens is 1. The molecule has 2 fully saturated rings. The Labute approximate surface area is 236 Å². The number of fused-ring (bicyclic) bond motifs is 2. The van der Waals surface area contributed by atoms with Crippen molar-refractivity contribution >= 4 is 41.0 Å². The van der Waals surface area contributed by atoms with Gasteiger partial charge in [-0.3, -0.25) is 4.79 Å². The van der Waals surface area contributed by atoms with Crippen LogP contribution < -0.4 is 15.8 Å². The molecule has 0 bridgehead atoms. The standard InChI is InChI=1S/C29H32N4O4S2/c1-29(2,3)37-28(35)33-16-19(17-33)30-18-7-8-23-25(13-18)38-24-6-4-5-21(27(24)39-23)22-14-20(15-26(34)31-22)32-9-11-36-12-10-32/h4-8,13-15,19,30H,9-12,16-17H2,1-3H3,(H,31,34). The van der Waals surface area contributed by atoms with Crippen molar-refractivity contribution in [3.8, 4) is 11.3 Å². The second-order valence-corrected chi connectivity index (χ2v) is 13.1. The topological polar surface area (TPSA) is 86.9 Å². The first kappa shape index (κ1) is 26.2. The van der Waals surface area contributed by atoms with E-state index < -0.39 is 5.60 Å². The first-order valence-corrected chi connectivity index (χ1v) is 14.8. The summed E-state index contributed by atoms with van der Waals surface area (Å²) in [6.07, 6.45) is -0.262. The van der Waals surface area contributed by atoms with Crippen LogP contribution in [0.3, 0.4) is 0 Å². The lowest BCUT2D eigenvalue weighted by Gasteiger charge is -2.40. The van der Waals surface area contributed by atoms with Crippen LogP contribution in [-0.4, -0.2) is 67.0 Å². The summed E-state index contributed by atoms with van der Waals surface area (Å²) < 4.78 is 10.9. The Morgan fingerprint density at radius 1 is 1.03 bits per heavy atom. The molecule has 0 atom stereocenters. The third-order valence-corrected chi connectivity index (χ3v) is 9.35. The van der Waals surface area contributed by atoms with Gasteiger partial charge in [0, 0.05) is 68.8 Å². The number of carbonyl (C=O) groups is 1. The van der Waals surface area contributed by atoms with Gasteiger partial charge in [0.1, 0.15) is 5.60 Å². The minimum Gasteiger partial charge on any atom is -0.444 e. The highest BCUT2D eigenvalue weighted by molar-refractivity contribution is 8.05. The van der Waals surface area contributed by atoms with Crippen molar-refractivity contribution in [3.63, 3.8) is 0 Å². The molecule has 0 unspecified atom stereocenters. The molecular formula is C29H32N4O4S2. The highest BCUT2D eigenvalue weighted by Gasteiger charge is 2.34. The molecule has 8 nitrogen and oxygen atoms in total. The lowest BCUT2D eigenvalue weighted by Crippen LogP contribution is -2.57. The fourth-order valence-electron chi connectivity index (χ4n) is 4.86. The second-order valence-electron chi connectivity index (χ2n) is 10.9. The van der Waals surface area contributed by atoms with Gasteiger partial charge < -0.3 is 29.6 Å². The molecule has 10 heteroatoms. The van der Waals surface area contributed by atoms with Gasteiger partial charge in [-0.25, -0.2) is 4.79 Å². The van der Waals surface area contributed by atoms with E-state index in [0.29, 0.717) is 26.3 Å². The summed E-state index contributed by atoms with van der Waals surface area (Å²) in [5, 5.41) is 3.56. The third kappa shape index (κ3) is 5.78. The summed E-state index contributed by atoms with van der Waals surface area (Å²) in [5.74, 6) is 0. The van der Waals surface area contributed by atoms with Gasteiger partial charge in [-0.2, -0.15) is 0 Å². The molecule has 2 N–H and O–H groups in total. The first-order chi connectivity index (χ1) is 18.7. The molecule has 2 saturated heterocycles. The van der Waals surface area contributed by atoms with E-state index in [4.69, 9.17) is 9.47 Å². The van der Waals surface area contributed by atoms with E-state index in [1.54, 1.807) is 34.5 Å². The fraction of sp³-hybridized carbons (Fsp3) is 0.379. The highest BCUT2D eigenvalue weighted by Crippen LogP contribution is 2.52. The van der Waals surface area contributed by atoms with E-state index in [1.807, 2.05) is 26.8 Å². The monoisotopic (exact) mass is 564 g/mol. The summed E-state index contributed by atoms with van der Waals surface area (Å²) in [5.41, 5.74) is 3.24. The van der Waals surface area contributed by atoms with Crippen molar-refractivity contribution in [2.24, 2.45) is 0 Å². The summed E-state index contributed by atoms with van der Waals surface area (Å²) in [6.45, 7) is 9.81. The zero-order valence-electron chi connectivity index (χ0n) is 22.3. The number of hydrogen-bond acceptors (Lipinski definition) is 8. The summed E-state index contributed by atoms with van der Waals surface area (Å²) >= 11 is 3.48. The quantitative estimate of drug-likeness (QED) is 0.335. The number of nitrogens with zero attached hydrogens (tertiary/aromatic N) is 2. The average Bonchev–Trinajstić information content (AvgIpc) is 2.88. The van der Waals surface area contributed by atoms with E-state index in [9.17, 15) is 9.59 Å². The Morgan fingerprint density at radius 2 is 1.82 bits per heavy atom. The number of hydrogen-bond donors (Lipinski definition) is 2. The van der Waals surface area contributed by atoms with Crippen LogP contribution in [0.4, 0.5) is 16.2 Å². The minimum absolute atomic E-state index is 0.0996. The van der Waals surface area contributed by atoms with Gasteiger partial charge in [-0.05, 0) is 51.1 Å². The van der Waals surface area contributed by atoms with E-state index in [-0.39, 0.29) is 17.7 Å². The predicted octanol–water partition coefficient (Wildman–Crippen LogP) is 5.53. The van der Waals surface area contributed by atoms with Crippen LogP contribution >= 0.6 is 23.5 Å². The predicted molar refractivity (Wildman–Crippen MR) is 155 cm³/mol. The maximum absolute atomic E-state index is 12.6. The number of carbonyl (C=O) groups excluding carboxylic acids is 1. The number of benzene rings is 2. The molecule has 3 aliphatic rings. The molecule has 0 spiro atoms. The Balaban J connectivity index is 1.17. The van der Waals surface area contributed by atoms with Gasteiger partial charge >= 0.3 is 6.09 Å². The molecule has 2 aromatic carbocycles. The van der Waals surface area contributed by atoms with Gasteiger partial charge in [0.15, 0.2) is 0 Å². The molecule has 0 aliphatic carbocycles. The Morgan fingerprint density at radius 3 is 2.59 bits per heavy atom. The maximum Gasteiger partial charge on any atom is 0.410 e. The molecule has 1 amide bonds. The molecule has 39 heavy (non-hydrogen) atoms. The van der Waals surface area contributed by atoms with E-state index in [0.717, 1.165) is 40.6 Å². The van der Waals surface area contributed by atoms with Crippen LogP contribution in [-0.2, 0) is 9.47 Å². The fourth-order valence-corrected chi connectivity index (χ4v) is 7.28. The zero-order chi connectivity index (χ0) is 27.1. The van der Waals surface area contributed by atoms with Crippen LogP contribution in [0.2, 0.25) is 0 Å². The van der Waals surface area contributed by atoms with Crippen LogP contribution in [0.15, 0.2) is 72.9 Å². The molecule has 4 heterocycles. The van der Waals surface area contributed by atoms with E-state index in [2.05, 4.69) is 51.6 Å². The van der Waals surface area contributed by atoms with Gasteiger partial charge in [0.2, 0.25) is 5.56 Å². The number of nitrogens with one attached hydrogen (secondary N) is 2. The lowest BCUT2D eigenvalue weighted by atomic mass is 10.1. The summed E-state index contributed by atoms with van der Waals surface area (Å²) in [7, 11) is 0. The molecular weight excluding hydrogens is 532 g/mol. The molecule has 3 aliphatic heterocycles. The maximum atomic E-state index is 12.6. The second kappa shape index (κ2) is 10.5. The van der Waals surface area contributed by atoms with Gasteiger partial charge in [-0.1, -0.05) is 35.7 Å². The zero-order valence-corrected chi connectivity index (χ0v) is 23.9. The average molecular weight is 565 g/mol. The van der Waals surface area contributed by atoms with Crippen molar-refractivity contribution in [2.45, 2.75) is 52.0 Å². The smallest absolute Gasteiger partial charge is 0.410 e. The minimum atomic E-state index is -0.486. The number of rotatable bonds is 4. The number of amides is 1. The number of anilines is 2. The Bertz CT molecular complexity index is 1460. The summed E-state index contributed by atoms with van der Waals surface area (Å²) in [6, 6.07) is 16.6. The lowest BCUT2D eigenvalue weighted by molar-refractivity contribution is 0.0105. The molecule has 0 radical (unpaired) electrons. The van der Waals surface area contributed by atoms with Crippen molar-refractivity contribution in [2.75, 3.05) is 49.6 Å². The normalized spacial score (nSPS) is 17.2. The van der Waals surface area contributed by atoms with Crippen molar-refractivity contribution in [1.29, 1.82) is 0 Å². The van der Waals surface area contributed by atoms with Gasteiger partial charge in [0.25, 0.3) is 0 Å². The molecule has 0 saturated carbocycles. The highest BCUT2D eigenvalue weighted by atomic mass is 32.2. The molecule has 1 aromatic heterocycles. The Kier molecular flexibility index (Phi) is 7.03. The van der Waals surface area contributed by atoms with Crippen LogP contribution in [0, 0.1) is 0 Å². The number of likely N-dealkylation sites (tertiary alicyclic amines) is 1. The number of ether oxygens (including phenoxy) is 2. The van der Waals surface area contributed by atoms with Gasteiger partial charge in [-0.15, -0.1) is 0 Å². The van der Waals surface area contributed by atoms with Crippen LogP contribution in [0.5, 0.6) is 0 Å². The largest absolute Gasteiger partial charge is 0.444 e. The van der Waals surface area contributed by atoms with E-state index in [1.165, 1.54) is 14.7 Å². The third-order valence-electron chi connectivity index (χ3n) is 6.75. The molecule has 6 rings (SSSR count). The van der Waals surface area contributed by atoms with Crippen LogP contribution in [0.25, 0.3) is 11.3 Å². The number of aromatic amines is 1. The Hall–Kier alpha value is -3.08. The SMILES string of the molecule is CC(C)(C)OC(=O)N1CC(Nc2ccc3c(c2)Sc2cccc(-c4cc(N5CCOCC5)cc(=O)[nH]4)c2S3)C1.